The van der Waals surface area contributed by atoms with Crippen molar-refractivity contribution in [3.63, 3.8) is 0 Å². The molecule has 0 saturated carbocycles. The number of hydrogen-bond donors (Lipinski definition) is 0. The maximum Gasteiger partial charge on any atom is 0.151 e. The molecule has 0 unspecified atom stereocenters. The van der Waals surface area contributed by atoms with Crippen LogP contribution in [0.1, 0.15) is 6.42 Å². The molecule has 96 valence electrons. The Kier molecular flexibility index (Phi) is 4.48. The quantitative estimate of drug-likeness (QED) is 0.868. The van der Waals surface area contributed by atoms with Gasteiger partial charge in [-0.3, -0.25) is 0 Å². The molecule has 1 heterocycles. The van der Waals surface area contributed by atoms with E-state index in [0.717, 1.165) is 21.5 Å². The third-order valence-electron chi connectivity index (χ3n) is 2.75. The lowest BCUT2D eigenvalue weighted by atomic mass is 10.1. The van der Waals surface area contributed by atoms with Gasteiger partial charge in [0.25, 0.3) is 0 Å². The van der Waals surface area contributed by atoms with Gasteiger partial charge in [0.1, 0.15) is 0 Å². The molecule has 2 aromatic rings. The van der Waals surface area contributed by atoms with Gasteiger partial charge in [-0.1, -0.05) is 34.1 Å². The van der Waals surface area contributed by atoms with E-state index in [1.807, 2.05) is 48.3 Å². The van der Waals surface area contributed by atoms with Gasteiger partial charge in [-0.05, 0) is 18.2 Å². The van der Waals surface area contributed by atoms with Gasteiger partial charge in [0.05, 0.1) is 18.2 Å². The minimum atomic E-state index is 0.476. The molecule has 19 heavy (non-hydrogen) atoms. The fourth-order valence-electron chi connectivity index (χ4n) is 1.67. The number of nitrogens with zero attached hydrogens (tertiary/aromatic N) is 4. The second kappa shape index (κ2) is 6.30. The Balaban J connectivity index is 2.20. The largest absolute Gasteiger partial charge is 0.357 e. The molecule has 0 aliphatic carbocycles. The predicted octanol–water partition coefficient (Wildman–Crippen LogP) is 3.26. The molecule has 0 bridgehead atoms. The van der Waals surface area contributed by atoms with E-state index in [9.17, 15) is 0 Å². The van der Waals surface area contributed by atoms with Crippen LogP contribution in [0.15, 0.2) is 40.9 Å². The summed E-state index contributed by atoms with van der Waals surface area (Å²) in [5, 5.41) is 17.0. The number of halogens is 1. The zero-order chi connectivity index (χ0) is 13.7. The summed E-state index contributed by atoms with van der Waals surface area (Å²) in [5.41, 5.74) is 1.84. The van der Waals surface area contributed by atoms with Crippen LogP contribution in [0.2, 0.25) is 0 Å². The SMILES string of the molecule is CN(CCC#N)c1ccc(-c2ccccc2Br)nn1. The van der Waals surface area contributed by atoms with Crippen molar-refractivity contribution in [2.75, 3.05) is 18.5 Å². The number of benzene rings is 1. The van der Waals surface area contributed by atoms with E-state index in [1.54, 1.807) is 0 Å². The van der Waals surface area contributed by atoms with Crippen LogP contribution in [-0.4, -0.2) is 23.8 Å². The molecule has 0 spiro atoms. The Morgan fingerprint density at radius 3 is 2.63 bits per heavy atom. The first-order valence-corrected chi connectivity index (χ1v) is 6.68. The molecule has 0 aliphatic heterocycles. The summed E-state index contributed by atoms with van der Waals surface area (Å²) in [6.07, 6.45) is 0.476. The van der Waals surface area contributed by atoms with Gasteiger partial charge in [0.2, 0.25) is 0 Å². The molecule has 0 aliphatic rings. The molecule has 0 fully saturated rings. The maximum absolute atomic E-state index is 8.57. The van der Waals surface area contributed by atoms with Crippen molar-refractivity contribution >= 4 is 21.7 Å². The highest BCUT2D eigenvalue weighted by molar-refractivity contribution is 9.10. The minimum Gasteiger partial charge on any atom is -0.357 e. The molecule has 5 heteroatoms. The van der Waals surface area contributed by atoms with E-state index in [1.165, 1.54) is 0 Å². The van der Waals surface area contributed by atoms with Crippen molar-refractivity contribution in [3.05, 3.63) is 40.9 Å². The zero-order valence-electron chi connectivity index (χ0n) is 10.5. The Hall–Kier alpha value is -1.93. The zero-order valence-corrected chi connectivity index (χ0v) is 12.1. The van der Waals surface area contributed by atoms with Crippen LogP contribution in [0.3, 0.4) is 0 Å². The first-order chi connectivity index (χ1) is 9.22. The number of rotatable bonds is 4. The summed E-state index contributed by atoms with van der Waals surface area (Å²) in [5.74, 6) is 0.769. The van der Waals surface area contributed by atoms with Gasteiger partial charge >= 0.3 is 0 Å². The lowest BCUT2D eigenvalue weighted by molar-refractivity contribution is 0.860. The standard InChI is InChI=1S/C14H13BrN4/c1-19(10-4-9-16)14-8-7-13(17-18-14)11-5-2-3-6-12(11)15/h2-3,5-8H,4,10H2,1H3. The average molecular weight is 317 g/mol. The Labute approximate surface area is 120 Å². The number of nitriles is 1. The number of hydrogen-bond acceptors (Lipinski definition) is 4. The van der Waals surface area contributed by atoms with Crippen molar-refractivity contribution in [2.24, 2.45) is 0 Å². The number of anilines is 1. The second-order valence-electron chi connectivity index (χ2n) is 4.09. The molecule has 2 rings (SSSR count). The lowest BCUT2D eigenvalue weighted by Crippen LogP contribution is -2.19. The third-order valence-corrected chi connectivity index (χ3v) is 3.44. The summed E-state index contributed by atoms with van der Waals surface area (Å²) in [4.78, 5) is 1.92. The summed E-state index contributed by atoms with van der Waals surface area (Å²) in [6, 6.07) is 13.9. The second-order valence-corrected chi connectivity index (χ2v) is 4.94. The molecule has 0 saturated heterocycles. The van der Waals surface area contributed by atoms with E-state index >= 15 is 0 Å². The molecule has 0 amide bonds. The van der Waals surface area contributed by atoms with Crippen LogP contribution in [0, 0.1) is 11.3 Å². The van der Waals surface area contributed by atoms with Crippen molar-refractivity contribution < 1.29 is 0 Å². The molecule has 4 nitrogen and oxygen atoms in total. The molecule has 1 aromatic heterocycles. The highest BCUT2D eigenvalue weighted by Crippen LogP contribution is 2.26. The van der Waals surface area contributed by atoms with Gasteiger partial charge in [0, 0.05) is 23.6 Å². The van der Waals surface area contributed by atoms with Gasteiger partial charge in [-0.2, -0.15) is 5.26 Å². The van der Waals surface area contributed by atoms with E-state index in [-0.39, 0.29) is 0 Å². The summed E-state index contributed by atoms with van der Waals surface area (Å²) in [6.45, 7) is 0.652. The maximum atomic E-state index is 8.57. The topological polar surface area (TPSA) is 52.8 Å². The average Bonchev–Trinajstić information content (AvgIpc) is 2.45. The van der Waals surface area contributed by atoms with Gasteiger partial charge in [-0.15, -0.1) is 10.2 Å². The molecular weight excluding hydrogens is 304 g/mol. The predicted molar refractivity (Wildman–Crippen MR) is 78.7 cm³/mol. The van der Waals surface area contributed by atoms with Crippen molar-refractivity contribution in [1.82, 2.24) is 10.2 Å². The molecule has 0 N–H and O–H groups in total. The smallest absolute Gasteiger partial charge is 0.151 e. The first-order valence-electron chi connectivity index (χ1n) is 5.89. The van der Waals surface area contributed by atoms with Crippen molar-refractivity contribution in [2.45, 2.75) is 6.42 Å². The Morgan fingerprint density at radius 2 is 2.00 bits per heavy atom. The van der Waals surface area contributed by atoms with Crippen LogP contribution in [0.5, 0.6) is 0 Å². The fraction of sp³-hybridized carbons (Fsp3) is 0.214. The van der Waals surface area contributed by atoms with Gasteiger partial charge < -0.3 is 4.90 Å². The van der Waals surface area contributed by atoms with Crippen LogP contribution >= 0.6 is 15.9 Å². The normalized spacial score (nSPS) is 9.95. The summed E-state index contributed by atoms with van der Waals surface area (Å²) >= 11 is 3.50. The Bertz CT molecular complexity index is 589. The van der Waals surface area contributed by atoms with E-state index in [2.05, 4.69) is 32.2 Å². The summed E-state index contributed by atoms with van der Waals surface area (Å²) < 4.78 is 0.995. The van der Waals surface area contributed by atoms with Gasteiger partial charge in [-0.25, -0.2) is 0 Å². The molecular formula is C14H13BrN4. The van der Waals surface area contributed by atoms with Crippen LogP contribution in [0.4, 0.5) is 5.82 Å². The molecule has 0 atom stereocenters. The van der Waals surface area contributed by atoms with Crippen molar-refractivity contribution in [1.29, 1.82) is 5.26 Å². The van der Waals surface area contributed by atoms with Crippen LogP contribution in [-0.2, 0) is 0 Å². The van der Waals surface area contributed by atoms with Gasteiger partial charge in [0.15, 0.2) is 5.82 Å². The fourth-order valence-corrected chi connectivity index (χ4v) is 2.16. The summed E-state index contributed by atoms with van der Waals surface area (Å²) in [7, 11) is 1.90. The van der Waals surface area contributed by atoms with Crippen LogP contribution in [0.25, 0.3) is 11.3 Å². The van der Waals surface area contributed by atoms with E-state index in [4.69, 9.17) is 5.26 Å². The highest BCUT2D eigenvalue weighted by Gasteiger charge is 2.06. The minimum absolute atomic E-state index is 0.476. The third kappa shape index (κ3) is 3.30. The monoisotopic (exact) mass is 316 g/mol. The van der Waals surface area contributed by atoms with Crippen LogP contribution < -0.4 is 4.90 Å². The molecule has 0 radical (unpaired) electrons. The lowest BCUT2D eigenvalue weighted by Gasteiger charge is -2.15. The first kappa shape index (κ1) is 13.5. The highest BCUT2D eigenvalue weighted by atomic mass is 79.9. The Morgan fingerprint density at radius 1 is 1.21 bits per heavy atom. The van der Waals surface area contributed by atoms with E-state index in [0.29, 0.717) is 13.0 Å². The van der Waals surface area contributed by atoms with E-state index < -0.39 is 0 Å². The molecule has 1 aromatic carbocycles. The van der Waals surface area contributed by atoms with Crippen molar-refractivity contribution in [3.8, 4) is 17.3 Å². The number of aromatic nitrogens is 2.